The third-order valence-corrected chi connectivity index (χ3v) is 2.97. The molecule has 0 spiro atoms. The minimum atomic E-state index is 0.273. The van der Waals surface area contributed by atoms with E-state index in [1.54, 1.807) is 0 Å². The molecule has 0 aromatic carbocycles. The van der Waals surface area contributed by atoms with E-state index >= 15 is 0 Å². The zero-order valence-electron chi connectivity index (χ0n) is 9.93. The zero-order valence-corrected chi connectivity index (χ0v) is 9.93. The van der Waals surface area contributed by atoms with Gasteiger partial charge in [0.25, 0.3) is 0 Å². The van der Waals surface area contributed by atoms with Crippen LogP contribution in [0, 0.1) is 0 Å². The van der Waals surface area contributed by atoms with Crippen molar-refractivity contribution in [2.45, 2.75) is 45.4 Å². The summed E-state index contributed by atoms with van der Waals surface area (Å²) in [5.74, 6) is 0.273. The number of nitrogens with one attached hydrogen (secondary N) is 1. The van der Waals surface area contributed by atoms with E-state index in [2.05, 4.69) is 12.2 Å². The second kappa shape index (κ2) is 7.69. The monoisotopic (exact) mass is 212 g/mol. The minimum Gasteiger partial charge on any atom is -0.340 e. The summed E-state index contributed by atoms with van der Waals surface area (Å²) in [6, 6.07) is 0. The van der Waals surface area contributed by atoms with Crippen LogP contribution in [-0.4, -0.2) is 37.0 Å². The van der Waals surface area contributed by atoms with Crippen molar-refractivity contribution in [3.05, 3.63) is 0 Å². The average Bonchev–Trinajstić information content (AvgIpc) is 2.25. The first-order valence-electron chi connectivity index (χ1n) is 6.33. The summed E-state index contributed by atoms with van der Waals surface area (Å²) >= 11 is 0. The van der Waals surface area contributed by atoms with Crippen LogP contribution in [0.3, 0.4) is 0 Å². The van der Waals surface area contributed by atoms with Crippen LogP contribution < -0.4 is 5.32 Å². The van der Waals surface area contributed by atoms with Gasteiger partial charge >= 0.3 is 0 Å². The van der Waals surface area contributed by atoms with Gasteiger partial charge in [0.2, 0.25) is 5.91 Å². The summed E-state index contributed by atoms with van der Waals surface area (Å²) in [5, 5.41) is 3.09. The first-order valence-corrected chi connectivity index (χ1v) is 6.33. The maximum Gasteiger partial charge on any atom is 0.236 e. The summed E-state index contributed by atoms with van der Waals surface area (Å²) in [6.45, 7) is 5.59. The number of rotatable bonds is 7. The van der Waals surface area contributed by atoms with Crippen LogP contribution in [0.5, 0.6) is 0 Å². The molecule has 0 bridgehead atoms. The Morgan fingerprint density at radius 1 is 1.20 bits per heavy atom. The Morgan fingerprint density at radius 2 is 1.93 bits per heavy atom. The maximum atomic E-state index is 11.4. The number of piperazine rings is 1. The lowest BCUT2D eigenvalue weighted by molar-refractivity contribution is -0.131. The number of unbranched alkanes of at least 4 members (excludes halogenated alkanes) is 5. The van der Waals surface area contributed by atoms with E-state index in [0.717, 1.165) is 19.6 Å². The SMILES string of the molecule is CCCCCCCCN1CCNCC1=O. The summed E-state index contributed by atoms with van der Waals surface area (Å²) < 4.78 is 0. The lowest BCUT2D eigenvalue weighted by Gasteiger charge is -2.27. The van der Waals surface area contributed by atoms with Crippen LogP contribution in [0.2, 0.25) is 0 Å². The Hall–Kier alpha value is -0.570. The molecule has 1 aliphatic rings. The highest BCUT2D eigenvalue weighted by Gasteiger charge is 2.16. The van der Waals surface area contributed by atoms with Crippen molar-refractivity contribution in [1.82, 2.24) is 10.2 Å². The molecule has 3 nitrogen and oxygen atoms in total. The van der Waals surface area contributed by atoms with Crippen molar-refractivity contribution < 1.29 is 4.79 Å². The van der Waals surface area contributed by atoms with Crippen molar-refractivity contribution >= 4 is 5.91 Å². The van der Waals surface area contributed by atoms with E-state index in [9.17, 15) is 4.79 Å². The molecular weight excluding hydrogens is 188 g/mol. The Bertz CT molecular complexity index is 182. The molecule has 1 fully saturated rings. The molecule has 0 saturated carbocycles. The number of amides is 1. The fourth-order valence-corrected chi connectivity index (χ4v) is 1.97. The molecule has 0 aromatic rings. The fraction of sp³-hybridized carbons (Fsp3) is 0.917. The van der Waals surface area contributed by atoms with Crippen LogP contribution >= 0.6 is 0 Å². The van der Waals surface area contributed by atoms with E-state index in [4.69, 9.17) is 0 Å². The van der Waals surface area contributed by atoms with Crippen molar-refractivity contribution in [3.63, 3.8) is 0 Å². The van der Waals surface area contributed by atoms with Crippen LogP contribution in [-0.2, 0) is 4.79 Å². The largest absolute Gasteiger partial charge is 0.340 e. The zero-order chi connectivity index (χ0) is 10.9. The second-order valence-corrected chi connectivity index (χ2v) is 4.33. The summed E-state index contributed by atoms with van der Waals surface area (Å²) in [5.41, 5.74) is 0. The van der Waals surface area contributed by atoms with Crippen LogP contribution in [0.15, 0.2) is 0 Å². The smallest absolute Gasteiger partial charge is 0.236 e. The van der Waals surface area contributed by atoms with Crippen molar-refractivity contribution in [2.75, 3.05) is 26.2 Å². The van der Waals surface area contributed by atoms with Crippen molar-refractivity contribution in [3.8, 4) is 0 Å². The van der Waals surface area contributed by atoms with Gasteiger partial charge in [-0.25, -0.2) is 0 Å². The highest BCUT2D eigenvalue weighted by molar-refractivity contribution is 5.78. The summed E-state index contributed by atoms with van der Waals surface area (Å²) in [6.07, 6.45) is 7.79. The highest BCUT2D eigenvalue weighted by Crippen LogP contribution is 2.06. The fourth-order valence-electron chi connectivity index (χ4n) is 1.97. The molecule has 1 aliphatic heterocycles. The van der Waals surface area contributed by atoms with E-state index < -0.39 is 0 Å². The lowest BCUT2D eigenvalue weighted by Crippen LogP contribution is -2.48. The van der Waals surface area contributed by atoms with Gasteiger partial charge in [-0.2, -0.15) is 0 Å². The molecule has 3 heteroatoms. The van der Waals surface area contributed by atoms with Gasteiger partial charge < -0.3 is 10.2 Å². The number of hydrogen-bond acceptors (Lipinski definition) is 2. The van der Waals surface area contributed by atoms with Crippen LogP contribution in [0.1, 0.15) is 45.4 Å². The van der Waals surface area contributed by atoms with E-state index in [0.29, 0.717) is 6.54 Å². The normalized spacial score (nSPS) is 17.1. The Morgan fingerprint density at radius 3 is 2.67 bits per heavy atom. The van der Waals surface area contributed by atoms with Crippen LogP contribution in [0.4, 0.5) is 0 Å². The van der Waals surface area contributed by atoms with E-state index in [1.807, 2.05) is 4.90 Å². The summed E-state index contributed by atoms with van der Waals surface area (Å²) in [7, 11) is 0. The van der Waals surface area contributed by atoms with Crippen molar-refractivity contribution in [1.29, 1.82) is 0 Å². The van der Waals surface area contributed by atoms with Crippen LogP contribution in [0.25, 0.3) is 0 Å². The molecule has 0 atom stereocenters. The molecular formula is C12H24N2O. The predicted molar refractivity (Wildman–Crippen MR) is 62.8 cm³/mol. The molecule has 0 unspecified atom stereocenters. The standard InChI is InChI=1S/C12H24N2O/c1-2-3-4-5-6-7-9-14-10-8-13-11-12(14)15/h13H,2-11H2,1H3. The lowest BCUT2D eigenvalue weighted by atomic mass is 10.1. The molecule has 1 amide bonds. The first kappa shape index (κ1) is 12.5. The van der Waals surface area contributed by atoms with Gasteiger partial charge in [0.15, 0.2) is 0 Å². The van der Waals surface area contributed by atoms with Gasteiger partial charge in [-0.15, -0.1) is 0 Å². The molecule has 0 radical (unpaired) electrons. The Labute approximate surface area is 93.2 Å². The molecule has 0 aromatic heterocycles. The quantitative estimate of drug-likeness (QED) is 0.652. The molecule has 1 heterocycles. The molecule has 1 rings (SSSR count). The van der Waals surface area contributed by atoms with E-state index in [1.165, 1.54) is 38.5 Å². The molecule has 88 valence electrons. The third kappa shape index (κ3) is 5.17. The topological polar surface area (TPSA) is 32.3 Å². The van der Waals surface area contributed by atoms with Gasteiger partial charge in [-0.05, 0) is 6.42 Å². The number of carbonyl (C=O) groups excluding carboxylic acids is 1. The number of carbonyl (C=O) groups is 1. The number of hydrogen-bond donors (Lipinski definition) is 1. The van der Waals surface area contributed by atoms with Gasteiger partial charge in [0.05, 0.1) is 6.54 Å². The maximum absolute atomic E-state index is 11.4. The van der Waals surface area contributed by atoms with Gasteiger partial charge in [-0.3, -0.25) is 4.79 Å². The molecule has 1 N–H and O–H groups in total. The average molecular weight is 212 g/mol. The molecule has 1 saturated heterocycles. The number of nitrogens with zero attached hydrogens (tertiary/aromatic N) is 1. The van der Waals surface area contributed by atoms with Gasteiger partial charge in [0.1, 0.15) is 0 Å². The second-order valence-electron chi connectivity index (χ2n) is 4.33. The van der Waals surface area contributed by atoms with E-state index in [-0.39, 0.29) is 5.91 Å². The first-order chi connectivity index (χ1) is 7.34. The van der Waals surface area contributed by atoms with Gasteiger partial charge in [-0.1, -0.05) is 39.0 Å². The summed E-state index contributed by atoms with van der Waals surface area (Å²) in [4.78, 5) is 13.4. The van der Waals surface area contributed by atoms with Crippen molar-refractivity contribution in [2.24, 2.45) is 0 Å². The minimum absolute atomic E-state index is 0.273. The predicted octanol–water partition coefficient (Wildman–Crippen LogP) is 1.78. The Balaban J connectivity index is 1.96. The molecule has 15 heavy (non-hydrogen) atoms. The molecule has 0 aliphatic carbocycles. The Kier molecular flexibility index (Phi) is 6.41. The highest BCUT2D eigenvalue weighted by atomic mass is 16.2. The van der Waals surface area contributed by atoms with Gasteiger partial charge in [0, 0.05) is 19.6 Å². The third-order valence-electron chi connectivity index (χ3n) is 2.97.